The van der Waals surface area contributed by atoms with Gasteiger partial charge in [0.1, 0.15) is 0 Å². The number of carbonyl (C=O) groups is 1. The van der Waals surface area contributed by atoms with Gasteiger partial charge in [-0.3, -0.25) is 4.79 Å². The molecule has 1 rings (SSSR count). The summed E-state index contributed by atoms with van der Waals surface area (Å²) in [6.07, 6.45) is 0. The summed E-state index contributed by atoms with van der Waals surface area (Å²) in [6, 6.07) is 2.60. The van der Waals surface area contributed by atoms with Crippen molar-refractivity contribution < 1.29 is 14.3 Å². The van der Waals surface area contributed by atoms with Gasteiger partial charge in [0.15, 0.2) is 17.3 Å². The van der Waals surface area contributed by atoms with E-state index in [9.17, 15) is 14.3 Å². The van der Waals surface area contributed by atoms with Crippen LogP contribution in [0.15, 0.2) is 12.1 Å². The van der Waals surface area contributed by atoms with Gasteiger partial charge in [-0.25, -0.2) is 4.39 Å². The average molecular weight is 247 g/mol. The predicted molar refractivity (Wildman–Crippen MR) is 50.9 cm³/mol. The molecule has 2 nitrogen and oxygen atoms in total. The molecule has 0 spiro atoms. The third-order valence-electron chi connectivity index (χ3n) is 1.74. The minimum atomic E-state index is -0.769. The first-order chi connectivity index (χ1) is 6.07. The number of halogens is 2. The molecule has 0 unspecified atom stereocenters. The van der Waals surface area contributed by atoms with E-state index in [1.807, 2.05) is 0 Å². The fourth-order valence-electron chi connectivity index (χ4n) is 1.09. The SMILES string of the molecule is Cc1ccc(F)c(O)c1C(=O)CBr. The van der Waals surface area contributed by atoms with Gasteiger partial charge >= 0.3 is 0 Å². The Morgan fingerprint density at radius 3 is 2.77 bits per heavy atom. The summed E-state index contributed by atoms with van der Waals surface area (Å²) in [5.74, 6) is -1.66. The van der Waals surface area contributed by atoms with Crippen molar-refractivity contribution in [1.82, 2.24) is 0 Å². The maximum atomic E-state index is 12.8. The predicted octanol–water partition coefficient (Wildman–Crippen LogP) is 2.42. The Hall–Kier alpha value is -0.900. The van der Waals surface area contributed by atoms with Crippen LogP contribution < -0.4 is 0 Å². The highest BCUT2D eigenvalue weighted by atomic mass is 79.9. The number of Topliss-reactive ketones (excluding diaryl/α,β-unsaturated/α-hetero) is 1. The molecule has 0 saturated heterocycles. The molecule has 0 aliphatic rings. The second-order valence-corrected chi connectivity index (χ2v) is 3.21. The summed E-state index contributed by atoms with van der Waals surface area (Å²) in [6.45, 7) is 1.65. The highest BCUT2D eigenvalue weighted by Crippen LogP contribution is 2.25. The monoisotopic (exact) mass is 246 g/mol. The maximum Gasteiger partial charge on any atom is 0.177 e. The van der Waals surface area contributed by atoms with Crippen molar-refractivity contribution in [3.05, 3.63) is 29.1 Å². The zero-order chi connectivity index (χ0) is 10.0. The first-order valence-electron chi connectivity index (χ1n) is 3.65. The molecule has 0 aliphatic heterocycles. The lowest BCUT2D eigenvalue weighted by Gasteiger charge is -2.05. The lowest BCUT2D eigenvalue weighted by molar-refractivity contribution is 0.102. The fraction of sp³-hybridized carbons (Fsp3) is 0.222. The van der Waals surface area contributed by atoms with Gasteiger partial charge in [0, 0.05) is 0 Å². The minimum absolute atomic E-state index is 0.0527. The van der Waals surface area contributed by atoms with E-state index >= 15 is 0 Å². The molecule has 0 bridgehead atoms. The highest BCUT2D eigenvalue weighted by Gasteiger charge is 2.15. The van der Waals surface area contributed by atoms with Crippen LogP contribution in [0.5, 0.6) is 5.75 Å². The number of benzene rings is 1. The molecule has 0 aromatic heterocycles. The van der Waals surface area contributed by atoms with Crippen LogP contribution in [0.4, 0.5) is 4.39 Å². The Morgan fingerprint density at radius 1 is 1.62 bits per heavy atom. The van der Waals surface area contributed by atoms with Crippen molar-refractivity contribution in [2.75, 3.05) is 5.33 Å². The van der Waals surface area contributed by atoms with Crippen LogP contribution >= 0.6 is 15.9 Å². The van der Waals surface area contributed by atoms with Crippen molar-refractivity contribution in [2.24, 2.45) is 0 Å². The van der Waals surface area contributed by atoms with Gasteiger partial charge in [0.05, 0.1) is 10.9 Å². The van der Waals surface area contributed by atoms with Crippen LogP contribution in [-0.4, -0.2) is 16.2 Å². The summed E-state index contributed by atoms with van der Waals surface area (Å²) in [5.41, 5.74) is 0.625. The fourth-order valence-corrected chi connectivity index (χ4v) is 1.37. The summed E-state index contributed by atoms with van der Waals surface area (Å²) in [4.78, 5) is 11.2. The number of alkyl halides is 1. The van der Waals surface area contributed by atoms with Crippen LogP contribution in [0.1, 0.15) is 15.9 Å². The van der Waals surface area contributed by atoms with Crippen molar-refractivity contribution in [3.8, 4) is 5.75 Å². The molecule has 1 aromatic rings. The van der Waals surface area contributed by atoms with Crippen molar-refractivity contribution >= 4 is 21.7 Å². The third kappa shape index (κ3) is 1.88. The van der Waals surface area contributed by atoms with E-state index in [0.29, 0.717) is 5.56 Å². The lowest BCUT2D eigenvalue weighted by Crippen LogP contribution is -2.04. The molecule has 0 atom stereocenters. The number of aryl methyl sites for hydroxylation is 1. The number of hydrogen-bond acceptors (Lipinski definition) is 2. The van der Waals surface area contributed by atoms with Crippen molar-refractivity contribution in [2.45, 2.75) is 6.92 Å². The number of hydrogen-bond donors (Lipinski definition) is 1. The lowest BCUT2D eigenvalue weighted by atomic mass is 10.0. The summed E-state index contributed by atoms with van der Waals surface area (Å²) >= 11 is 2.96. The number of ketones is 1. The quantitative estimate of drug-likeness (QED) is 0.643. The molecule has 0 aliphatic carbocycles. The molecule has 1 N–H and O–H groups in total. The van der Waals surface area contributed by atoms with E-state index in [1.54, 1.807) is 6.92 Å². The van der Waals surface area contributed by atoms with Crippen LogP contribution in [0.3, 0.4) is 0 Å². The number of carbonyl (C=O) groups excluding carboxylic acids is 1. The molecule has 0 radical (unpaired) electrons. The van der Waals surface area contributed by atoms with Crippen LogP contribution in [0.25, 0.3) is 0 Å². The molecule has 0 fully saturated rings. The Labute approximate surface area is 83.5 Å². The number of aromatic hydroxyl groups is 1. The van der Waals surface area contributed by atoms with Gasteiger partial charge in [0.2, 0.25) is 0 Å². The zero-order valence-electron chi connectivity index (χ0n) is 6.97. The van der Waals surface area contributed by atoms with E-state index < -0.39 is 11.6 Å². The molecular formula is C9H8BrFO2. The van der Waals surface area contributed by atoms with E-state index in [1.165, 1.54) is 6.07 Å². The molecule has 0 amide bonds. The molecule has 4 heteroatoms. The molecule has 0 saturated carbocycles. The highest BCUT2D eigenvalue weighted by molar-refractivity contribution is 9.09. The van der Waals surface area contributed by atoms with E-state index in [-0.39, 0.29) is 16.7 Å². The van der Waals surface area contributed by atoms with Gasteiger partial charge in [0.25, 0.3) is 0 Å². The standard InChI is InChI=1S/C9H8BrFO2/c1-5-2-3-6(11)9(13)8(5)7(12)4-10/h2-3,13H,4H2,1H3. The summed E-state index contributed by atoms with van der Waals surface area (Å²) < 4.78 is 12.8. The average Bonchev–Trinajstić information content (AvgIpc) is 2.12. The Kier molecular flexibility index (Phi) is 3.03. The molecule has 13 heavy (non-hydrogen) atoms. The van der Waals surface area contributed by atoms with E-state index in [2.05, 4.69) is 15.9 Å². The van der Waals surface area contributed by atoms with Gasteiger partial charge in [-0.15, -0.1) is 0 Å². The number of rotatable bonds is 2. The van der Waals surface area contributed by atoms with Gasteiger partial charge in [-0.05, 0) is 18.6 Å². The van der Waals surface area contributed by atoms with E-state index in [0.717, 1.165) is 6.07 Å². The summed E-state index contributed by atoms with van der Waals surface area (Å²) in [5, 5.41) is 9.34. The first kappa shape index (κ1) is 10.2. The van der Waals surface area contributed by atoms with Crippen molar-refractivity contribution in [1.29, 1.82) is 0 Å². The van der Waals surface area contributed by atoms with Crippen LogP contribution in [0.2, 0.25) is 0 Å². The normalized spacial score (nSPS) is 10.1. The van der Waals surface area contributed by atoms with Gasteiger partial charge in [-0.1, -0.05) is 22.0 Å². The second-order valence-electron chi connectivity index (χ2n) is 2.64. The van der Waals surface area contributed by atoms with Gasteiger partial charge < -0.3 is 5.11 Å². The Balaban J connectivity index is 3.33. The smallest absolute Gasteiger partial charge is 0.177 e. The largest absolute Gasteiger partial charge is 0.504 e. The zero-order valence-corrected chi connectivity index (χ0v) is 8.56. The topological polar surface area (TPSA) is 37.3 Å². The van der Waals surface area contributed by atoms with E-state index in [4.69, 9.17) is 0 Å². The molecule has 0 heterocycles. The van der Waals surface area contributed by atoms with Crippen LogP contribution in [0, 0.1) is 12.7 Å². The summed E-state index contributed by atoms with van der Waals surface area (Å²) in [7, 11) is 0. The Morgan fingerprint density at radius 2 is 2.23 bits per heavy atom. The Bertz CT molecular complexity index is 350. The maximum absolute atomic E-state index is 12.8. The van der Waals surface area contributed by atoms with Gasteiger partial charge in [-0.2, -0.15) is 0 Å². The molecule has 70 valence electrons. The molecular weight excluding hydrogens is 239 g/mol. The molecule has 1 aromatic carbocycles. The number of phenolic OH excluding ortho intramolecular Hbond substituents is 1. The number of phenols is 1. The second kappa shape index (κ2) is 3.87. The third-order valence-corrected chi connectivity index (χ3v) is 2.25. The first-order valence-corrected chi connectivity index (χ1v) is 4.77. The minimum Gasteiger partial charge on any atom is -0.504 e. The van der Waals surface area contributed by atoms with Crippen molar-refractivity contribution in [3.63, 3.8) is 0 Å². The van der Waals surface area contributed by atoms with Crippen LogP contribution in [-0.2, 0) is 0 Å².